The van der Waals surface area contributed by atoms with Crippen LogP contribution in [0.15, 0.2) is 218 Å². The van der Waals surface area contributed by atoms with Crippen molar-refractivity contribution in [1.29, 1.82) is 0 Å². The van der Waals surface area contributed by atoms with Crippen LogP contribution >= 0.6 is 15.2 Å². The molecule has 0 amide bonds. The zero-order valence-electron chi connectivity index (χ0n) is 35.5. The van der Waals surface area contributed by atoms with Crippen molar-refractivity contribution in [1.82, 2.24) is 0 Å². The van der Waals surface area contributed by atoms with Crippen LogP contribution in [0.5, 0.6) is 23.0 Å². The summed E-state index contributed by atoms with van der Waals surface area (Å²) in [5, 5.41) is 0. The molecule has 1 atom stereocenters. The highest BCUT2D eigenvalue weighted by atomic mass is 31.2. The van der Waals surface area contributed by atoms with Crippen LogP contribution in [0.4, 0.5) is 0 Å². The number of aldehydes is 1. The third-order valence-electron chi connectivity index (χ3n) is 9.74. The van der Waals surface area contributed by atoms with E-state index < -0.39 is 21.1 Å². The van der Waals surface area contributed by atoms with Gasteiger partial charge in [0.1, 0.15) is 29.3 Å². The first-order valence-electron chi connectivity index (χ1n) is 20.6. The maximum absolute atomic E-state index is 15.0. The van der Waals surface area contributed by atoms with Gasteiger partial charge < -0.3 is 18.1 Å². The number of benzene rings is 8. The Bertz CT molecular complexity index is 2880. The van der Waals surface area contributed by atoms with E-state index in [1.165, 1.54) is 72.8 Å². The summed E-state index contributed by atoms with van der Waals surface area (Å²) in [7, 11) is -9.07. The zero-order valence-corrected chi connectivity index (χ0v) is 37.3. The Kier molecular flexibility index (Phi) is 15.1. The van der Waals surface area contributed by atoms with E-state index in [0.29, 0.717) is 33.4 Å². The van der Waals surface area contributed by atoms with Crippen LogP contribution in [0.1, 0.15) is 63.7 Å². The molecule has 12 heteroatoms. The lowest BCUT2D eigenvalue weighted by Gasteiger charge is -2.25. The quantitative estimate of drug-likeness (QED) is 0.0493. The molecular weight excluding hydrogens is 871 g/mol. The van der Waals surface area contributed by atoms with E-state index in [2.05, 4.69) is 0 Å². The Hall–Kier alpha value is -7.90. The molecule has 8 rings (SSSR count). The van der Waals surface area contributed by atoms with E-state index in [9.17, 15) is 23.7 Å². The molecule has 0 saturated carbocycles. The fraction of sp³-hybridized carbons (Fsp3) is 0.0370. The summed E-state index contributed by atoms with van der Waals surface area (Å²) in [6.45, 7) is 1.88. The van der Waals surface area contributed by atoms with Crippen molar-refractivity contribution in [2.75, 3.05) is 5.90 Å². The van der Waals surface area contributed by atoms with Crippen molar-refractivity contribution in [2.45, 2.75) is 6.92 Å². The van der Waals surface area contributed by atoms with Crippen molar-refractivity contribution in [2.24, 2.45) is 0 Å². The minimum Gasteiger partial charge on any atom is -0.416 e. The second-order valence-electron chi connectivity index (χ2n) is 14.7. The number of hydrogen-bond donors (Lipinski definition) is 0. The summed E-state index contributed by atoms with van der Waals surface area (Å²) in [5.74, 6) is -1.21. The van der Waals surface area contributed by atoms with Crippen LogP contribution in [-0.2, 0) is 9.13 Å². The minimum absolute atomic E-state index is 0.0504. The number of hydrogen-bond acceptors (Lipinski definition) is 10. The van der Waals surface area contributed by atoms with Crippen LogP contribution < -0.4 is 18.1 Å². The van der Waals surface area contributed by atoms with Gasteiger partial charge in [-0.05, 0) is 91.9 Å². The van der Waals surface area contributed by atoms with Gasteiger partial charge in [-0.1, -0.05) is 139 Å². The Morgan fingerprint density at radius 2 is 0.606 bits per heavy atom. The van der Waals surface area contributed by atoms with Gasteiger partial charge in [-0.15, -0.1) is 0 Å². The van der Waals surface area contributed by atoms with Gasteiger partial charge in [0.05, 0.1) is 0 Å². The van der Waals surface area contributed by atoms with Gasteiger partial charge in [0.2, 0.25) is 0 Å². The SMILES string of the molecule is Cc1ccc(OP(=O)(CP(=O)(Oc2ccc(C(=O)c3ccccc3)cc2)Oc2ccc(C(=O)c3ccccc3)cc2)Oc2ccc(C(=O)c3ccccc3)cc2)cc1.O=Cc1ccccc1. The van der Waals surface area contributed by atoms with E-state index in [4.69, 9.17) is 18.1 Å². The van der Waals surface area contributed by atoms with E-state index in [1.54, 1.807) is 109 Å². The second-order valence-corrected chi connectivity index (χ2v) is 19.0. The second kappa shape index (κ2) is 21.7. The van der Waals surface area contributed by atoms with E-state index in [1.807, 2.05) is 43.3 Å². The number of rotatable bonds is 17. The lowest BCUT2D eigenvalue weighted by molar-refractivity contribution is 0.103. The Morgan fingerprint density at radius 3 is 0.864 bits per heavy atom. The zero-order chi connectivity index (χ0) is 46.4. The maximum atomic E-state index is 15.0. The number of ketones is 3. The van der Waals surface area contributed by atoms with Crippen LogP contribution in [0, 0.1) is 6.92 Å². The molecule has 10 nitrogen and oxygen atoms in total. The van der Waals surface area contributed by atoms with Crippen LogP contribution in [0.3, 0.4) is 0 Å². The highest BCUT2D eigenvalue weighted by Gasteiger charge is 2.44. The molecule has 0 heterocycles. The largest absolute Gasteiger partial charge is 0.445 e. The molecule has 0 spiro atoms. The fourth-order valence-electron chi connectivity index (χ4n) is 6.41. The van der Waals surface area contributed by atoms with Crippen LogP contribution in [0.2, 0.25) is 0 Å². The van der Waals surface area contributed by atoms with Crippen LogP contribution in [0.25, 0.3) is 0 Å². The Labute approximate surface area is 382 Å². The topological polar surface area (TPSA) is 139 Å². The van der Waals surface area contributed by atoms with Gasteiger partial charge in [-0.25, -0.2) is 9.13 Å². The third kappa shape index (κ3) is 12.6. The van der Waals surface area contributed by atoms with E-state index >= 15 is 4.57 Å². The van der Waals surface area contributed by atoms with E-state index in [-0.39, 0.29) is 40.3 Å². The molecule has 66 heavy (non-hydrogen) atoms. The highest BCUT2D eigenvalue weighted by molar-refractivity contribution is 7.72. The smallest absolute Gasteiger partial charge is 0.416 e. The van der Waals surface area contributed by atoms with Gasteiger partial charge in [0.25, 0.3) is 0 Å². The summed E-state index contributed by atoms with van der Waals surface area (Å²) in [5.41, 5.74) is 4.21. The number of aryl methyl sites for hydroxylation is 1. The normalized spacial score (nSPS) is 11.7. The number of carbonyl (C=O) groups excluding carboxylic acids is 4. The summed E-state index contributed by atoms with van der Waals surface area (Å²) >= 11 is 0. The van der Waals surface area contributed by atoms with Crippen LogP contribution in [-0.4, -0.2) is 29.5 Å². The molecule has 0 bridgehead atoms. The van der Waals surface area contributed by atoms with Crippen molar-refractivity contribution in [3.63, 3.8) is 0 Å². The van der Waals surface area contributed by atoms with Gasteiger partial charge >= 0.3 is 15.2 Å². The molecule has 0 fully saturated rings. The average molecular weight is 913 g/mol. The molecule has 0 aromatic heterocycles. The molecule has 0 aliphatic rings. The molecule has 0 aliphatic heterocycles. The van der Waals surface area contributed by atoms with Gasteiger partial charge in [0.15, 0.2) is 23.3 Å². The molecule has 328 valence electrons. The van der Waals surface area contributed by atoms with Crippen molar-refractivity contribution in [3.05, 3.63) is 263 Å². The molecule has 0 saturated heterocycles. The fourth-order valence-corrected chi connectivity index (χ4v) is 10.9. The maximum Gasteiger partial charge on any atom is 0.445 e. The van der Waals surface area contributed by atoms with Gasteiger partial charge in [-0.2, -0.15) is 0 Å². The van der Waals surface area contributed by atoms with Crippen molar-refractivity contribution < 1.29 is 46.4 Å². The predicted octanol–water partition coefficient (Wildman–Crippen LogP) is 13.1. The van der Waals surface area contributed by atoms with Crippen molar-refractivity contribution >= 4 is 38.8 Å². The summed E-state index contributed by atoms with van der Waals surface area (Å²) in [6.07, 6.45) is 0.833. The molecular formula is C54H42O10P2. The Morgan fingerprint density at radius 1 is 0.364 bits per heavy atom. The third-order valence-corrected chi connectivity index (χ3v) is 14.5. The summed E-state index contributed by atoms with van der Waals surface area (Å²) in [4.78, 5) is 49.3. The summed E-state index contributed by atoms with van der Waals surface area (Å²) in [6, 6.07) is 60.0. The standard InChI is InChI=1S/C47H36O9P2.C7H6O/c1-34-17-25-41(26-18-34)53-57(51,54-42-27-19-38(20-28-42)45(48)35-11-5-2-6-12-35)33-58(52,55-43-29-21-39(22-30-43)46(49)36-13-7-3-8-14-36)56-44-31-23-40(24-32-44)47(50)37-15-9-4-10-16-37;8-6-7-4-2-1-3-5-7/h2-32H,33H2,1H3;1-6H. The molecule has 0 aliphatic carbocycles. The Balaban J connectivity index is 0.000000732. The average Bonchev–Trinajstić information content (AvgIpc) is 3.36. The first-order valence-corrected chi connectivity index (χ1v) is 24.1. The molecule has 0 N–H and O–H groups in total. The highest BCUT2D eigenvalue weighted by Crippen LogP contribution is 2.63. The van der Waals surface area contributed by atoms with Crippen molar-refractivity contribution in [3.8, 4) is 23.0 Å². The first-order chi connectivity index (χ1) is 32.0. The monoisotopic (exact) mass is 912 g/mol. The molecule has 1 unspecified atom stereocenters. The lowest BCUT2D eigenvalue weighted by atomic mass is 10.0. The van der Waals surface area contributed by atoms with Gasteiger partial charge in [-0.3, -0.25) is 19.2 Å². The first kappa shape index (κ1) is 46.1. The van der Waals surface area contributed by atoms with E-state index in [0.717, 1.165) is 17.4 Å². The number of carbonyl (C=O) groups is 4. The molecule has 0 radical (unpaired) electrons. The summed E-state index contributed by atoms with van der Waals surface area (Å²) < 4.78 is 54.2. The minimum atomic E-state index is -4.56. The predicted molar refractivity (Wildman–Crippen MR) is 255 cm³/mol. The molecule has 8 aromatic rings. The van der Waals surface area contributed by atoms with Gasteiger partial charge in [0, 0.05) is 38.9 Å². The lowest BCUT2D eigenvalue weighted by Crippen LogP contribution is -2.12. The molecule has 8 aromatic carbocycles.